The molecule has 0 fully saturated rings. The minimum atomic E-state index is -3.50. The van der Waals surface area contributed by atoms with Gasteiger partial charge in [0.2, 0.25) is 10.0 Å². The Morgan fingerprint density at radius 2 is 2.04 bits per heavy atom. The Balaban J connectivity index is 1.95. The first-order valence-corrected chi connectivity index (χ1v) is 9.72. The van der Waals surface area contributed by atoms with Crippen molar-refractivity contribution >= 4 is 15.7 Å². The Bertz CT molecular complexity index is 946. The van der Waals surface area contributed by atoms with Gasteiger partial charge in [-0.1, -0.05) is 25.1 Å². The number of sulfonamides is 1. The summed E-state index contributed by atoms with van der Waals surface area (Å²) in [5.41, 5.74) is 2.11. The van der Waals surface area contributed by atoms with Gasteiger partial charge in [0.1, 0.15) is 0 Å². The molecule has 0 bridgehead atoms. The average Bonchev–Trinajstić information content (AvgIpc) is 3.23. The van der Waals surface area contributed by atoms with Crippen LogP contribution in [-0.2, 0) is 16.6 Å². The van der Waals surface area contributed by atoms with Gasteiger partial charge in [0.05, 0.1) is 29.9 Å². The number of nitrogens with zero attached hydrogens (tertiary/aromatic N) is 4. The van der Waals surface area contributed by atoms with Crippen LogP contribution in [0.5, 0.6) is 0 Å². The van der Waals surface area contributed by atoms with E-state index in [0.717, 1.165) is 11.4 Å². The van der Waals surface area contributed by atoms with Gasteiger partial charge in [-0.3, -0.25) is 4.31 Å². The van der Waals surface area contributed by atoms with Crippen LogP contribution in [0.3, 0.4) is 0 Å². The number of hydrogen-bond donors (Lipinski definition) is 0. The largest absolute Gasteiger partial charge is 0.359 e. The van der Waals surface area contributed by atoms with Gasteiger partial charge < -0.3 is 4.52 Å². The van der Waals surface area contributed by atoms with E-state index in [9.17, 15) is 8.42 Å². The summed E-state index contributed by atoms with van der Waals surface area (Å²) in [4.78, 5) is 0. The fourth-order valence-electron chi connectivity index (χ4n) is 2.43. The second kappa shape index (κ2) is 6.72. The topological polar surface area (TPSA) is 81.2 Å². The quantitative estimate of drug-likeness (QED) is 0.675. The van der Waals surface area contributed by atoms with Gasteiger partial charge in [-0.25, -0.2) is 13.1 Å². The van der Waals surface area contributed by atoms with E-state index >= 15 is 0 Å². The summed E-state index contributed by atoms with van der Waals surface area (Å²) < 4.78 is 32.9. The highest BCUT2D eigenvalue weighted by Gasteiger charge is 2.21. The zero-order chi connectivity index (χ0) is 18.0. The van der Waals surface area contributed by atoms with Crippen molar-refractivity contribution in [3.8, 4) is 5.69 Å². The van der Waals surface area contributed by atoms with Crippen LogP contribution in [-0.4, -0.2) is 29.6 Å². The van der Waals surface area contributed by atoms with E-state index in [1.165, 1.54) is 10.6 Å². The van der Waals surface area contributed by atoms with Crippen molar-refractivity contribution in [2.75, 3.05) is 10.6 Å². The van der Waals surface area contributed by atoms with Gasteiger partial charge in [0, 0.05) is 18.5 Å². The molecule has 132 valence electrons. The Morgan fingerprint density at radius 1 is 1.24 bits per heavy atom. The highest BCUT2D eigenvalue weighted by atomic mass is 32.2. The molecule has 0 aliphatic carbocycles. The van der Waals surface area contributed by atoms with Gasteiger partial charge in [0.15, 0.2) is 5.76 Å². The highest BCUT2D eigenvalue weighted by molar-refractivity contribution is 7.92. The van der Waals surface area contributed by atoms with Crippen LogP contribution in [0.2, 0.25) is 0 Å². The maximum Gasteiger partial charge on any atom is 0.232 e. The molecule has 0 radical (unpaired) electrons. The Hall–Kier alpha value is -2.61. The predicted octanol–water partition coefficient (Wildman–Crippen LogP) is 2.95. The standard InChI is InChI=1S/C17H20N4O3S/c1-13(2)17-11-16(24-19-17)12-21(25(3,22)23)15-7-4-6-14(10-15)20-9-5-8-18-20/h4-11,13H,12H2,1-3H3. The van der Waals surface area contributed by atoms with Crippen LogP contribution in [0.4, 0.5) is 5.69 Å². The number of anilines is 1. The first-order chi connectivity index (χ1) is 11.8. The summed E-state index contributed by atoms with van der Waals surface area (Å²) in [5, 5.41) is 8.17. The van der Waals surface area contributed by atoms with Crippen LogP contribution >= 0.6 is 0 Å². The van der Waals surface area contributed by atoms with Crippen LogP contribution in [0.25, 0.3) is 5.69 Å². The fourth-order valence-corrected chi connectivity index (χ4v) is 3.29. The summed E-state index contributed by atoms with van der Waals surface area (Å²) in [5.74, 6) is 0.714. The van der Waals surface area contributed by atoms with E-state index < -0.39 is 10.0 Å². The van der Waals surface area contributed by atoms with Gasteiger partial charge >= 0.3 is 0 Å². The number of benzene rings is 1. The Kier molecular flexibility index (Phi) is 4.63. The zero-order valence-electron chi connectivity index (χ0n) is 14.3. The van der Waals surface area contributed by atoms with E-state index in [1.807, 2.05) is 26.0 Å². The molecule has 0 spiro atoms. The first kappa shape index (κ1) is 17.2. The van der Waals surface area contributed by atoms with Crippen LogP contribution in [0.15, 0.2) is 53.3 Å². The van der Waals surface area contributed by atoms with Gasteiger partial charge in [-0.2, -0.15) is 5.10 Å². The zero-order valence-corrected chi connectivity index (χ0v) is 15.1. The molecule has 0 atom stereocenters. The SMILES string of the molecule is CC(C)c1cc(CN(c2cccc(-n3cccn3)c2)S(C)(=O)=O)on1. The normalized spacial score (nSPS) is 11.8. The third-order valence-electron chi connectivity index (χ3n) is 3.76. The average molecular weight is 360 g/mol. The van der Waals surface area contributed by atoms with Gasteiger partial charge in [0.25, 0.3) is 0 Å². The van der Waals surface area contributed by atoms with E-state index in [1.54, 1.807) is 41.3 Å². The number of aromatic nitrogens is 3. The molecular formula is C17H20N4O3S. The van der Waals surface area contributed by atoms with Crippen molar-refractivity contribution < 1.29 is 12.9 Å². The lowest BCUT2D eigenvalue weighted by Crippen LogP contribution is -2.29. The smallest absolute Gasteiger partial charge is 0.232 e. The van der Waals surface area contributed by atoms with Crippen LogP contribution in [0.1, 0.15) is 31.2 Å². The molecule has 0 saturated heterocycles. The lowest BCUT2D eigenvalue weighted by molar-refractivity contribution is 0.376. The van der Waals surface area contributed by atoms with Crippen molar-refractivity contribution in [1.82, 2.24) is 14.9 Å². The summed E-state index contributed by atoms with van der Waals surface area (Å²) in [7, 11) is -3.50. The molecule has 8 heteroatoms. The molecule has 1 aromatic carbocycles. The first-order valence-electron chi connectivity index (χ1n) is 7.88. The molecule has 0 aliphatic heterocycles. The van der Waals surface area contributed by atoms with E-state index in [-0.39, 0.29) is 12.5 Å². The number of rotatable bonds is 6. The van der Waals surface area contributed by atoms with Crippen LogP contribution < -0.4 is 4.31 Å². The van der Waals surface area contributed by atoms with Crippen molar-refractivity contribution in [2.24, 2.45) is 0 Å². The second-order valence-corrected chi connectivity index (χ2v) is 8.02. The monoisotopic (exact) mass is 360 g/mol. The third kappa shape index (κ3) is 3.90. The highest BCUT2D eigenvalue weighted by Crippen LogP contribution is 2.24. The molecule has 25 heavy (non-hydrogen) atoms. The molecule has 3 rings (SSSR count). The minimum absolute atomic E-state index is 0.0844. The Morgan fingerprint density at radius 3 is 2.64 bits per heavy atom. The van der Waals surface area contributed by atoms with Crippen molar-refractivity contribution in [3.63, 3.8) is 0 Å². The van der Waals surface area contributed by atoms with Gasteiger partial charge in [-0.15, -0.1) is 0 Å². The Labute approximate surface area is 146 Å². The van der Waals surface area contributed by atoms with Crippen molar-refractivity contribution in [1.29, 1.82) is 0 Å². The van der Waals surface area contributed by atoms with E-state index in [0.29, 0.717) is 11.4 Å². The molecule has 7 nitrogen and oxygen atoms in total. The maximum absolute atomic E-state index is 12.3. The fraction of sp³-hybridized carbons (Fsp3) is 0.294. The molecule has 0 N–H and O–H groups in total. The molecule has 3 aromatic rings. The van der Waals surface area contributed by atoms with E-state index in [2.05, 4.69) is 10.3 Å². The second-order valence-electron chi connectivity index (χ2n) is 6.11. The van der Waals surface area contributed by atoms with Crippen LogP contribution in [0, 0.1) is 0 Å². The van der Waals surface area contributed by atoms with E-state index in [4.69, 9.17) is 4.52 Å². The van der Waals surface area contributed by atoms with Crippen molar-refractivity contribution in [2.45, 2.75) is 26.3 Å². The molecule has 0 unspecified atom stereocenters. The van der Waals surface area contributed by atoms with Crippen molar-refractivity contribution in [3.05, 3.63) is 60.2 Å². The summed E-state index contributed by atoms with van der Waals surface area (Å²) in [6, 6.07) is 10.8. The lowest BCUT2D eigenvalue weighted by atomic mass is 10.1. The maximum atomic E-state index is 12.3. The summed E-state index contributed by atoms with van der Waals surface area (Å²) in [6.07, 6.45) is 4.64. The molecule has 0 aliphatic rings. The van der Waals surface area contributed by atoms with Gasteiger partial charge in [-0.05, 0) is 30.2 Å². The molecular weight excluding hydrogens is 340 g/mol. The summed E-state index contributed by atoms with van der Waals surface area (Å²) >= 11 is 0. The molecule has 0 saturated carbocycles. The third-order valence-corrected chi connectivity index (χ3v) is 4.90. The molecule has 2 aromatic heterocycles. The predicted molar refractivity (Wildman–Crippen MR) is 95.2 cm³/mol. The molecule has 0 amide bonds. The minimum Gasteiger partial charge on any atom is -0.359 e. The lowest BCUT2D eigenvalue weighted by Gasteiger charge is -2.21. The summed E-state index contributed by atoms with van der Waals surface area (Å²) in [6.45, 7) is 4.09. The number of hydrogen-bond acceptors (Lipinski definition) is 5. The molecule has 2 heterocycles.